The van der Waals surface area contributed by atoms with Gasteiger partial charge in [-0.1, -0.05) is 30.3 Å². The summed E-state index contributed by atoms with van der Waals surface area (Å²) in [5.41, 5.74) is 0.468. The molecule has 1 amide bonds. The molecule has 0 bridgehead atoms. The number of aliphatic hydroxyl groups is 1. The van der Waals surface area contributed by atoms with E-state index in [0.717, 1.165) is 5.56 Å². The smallest absolute Gasteiger partial charge is 0.410 e. The molecule has 0 aliphatic heterocycles. The topological polar surface area (TPSA) is 49.8 Å². The fraction of sp³-hybridized carbons (Fsp3) is 0.533. The number of aliphatic hydroxyl groups excluding tert-OH is 1. The van der Waals surface area contributed by atoms with Crippen molar-refractivity contribution in [3.63, 3.8) is 0 Å². The normalized spacial score (nSPS) is 12.9. The van der Waals surface area contributed by atoms with Crippen LogP contribution in [0.1, 0.15) is 33.3 Å². The number of amides is 1. The minimum atomic E-state index is -0.540. The Morgan fingerprint density at radius 1 is 1.32 bits per heavy atom. The summed E-state index contributed by atoms with van der Waals surface area (Å²) in [7, 11) is 0. The Balaban J connectivity index is 2.81. The van der Waals surface area contributed by atoms with Gasteiger partial charge in [-0.15, -0.1) is 0 Å². The number of nitrogens with zero attached hydrogens (tertiary/aromatic N) is 1. The predicted molar refractivity (Wildman–Crippen MR) is 74.8 cm³/mol. The molecule has 4 heteroatoms. The molecule has 0 saturated heterocycles. The zero-order valence-corrected chi connectivity index (χ0v) is 12.1. The molecule has 0 heterocycles. The van der Waals surface area contributed by atoms with Crippen LogP contribution in [-0.4, -0.2) is 34.3 Å². The largest absolute Gasteiger partial charge is 0.444 e. The highest BCUT2D eigenvalue weighted by Crippen LogP contribution is 2.15. The van der Waals surface area contributed by atoms with Crippen LogP contribution in [0.2, 0.25) is 0 Å². The molecule has 0 aliphatic rings. The molecule has 1 aromatic rings. The zero-order chi connectivity index (χ0) is 14.5. The molecule has 0 aromatic heterocycles. The summed E-state index contributed by atoms with van der Waals surface area (Å²) in [5, 5.41) is 9.28. The second-order valence-corrected chi connectivity index (χ2v) is 5.63. The molecular formula is C15H23NO3. The molecule has 106 valence electrons. The molecule has 0 unspecified atom stereocenters. The number of carbonyl (C=O) groups is 1. The van der Waals surface area contributed by atoms with E-state index in [1.807, 2.05) is 51.1 Å². The van der Waals surface area contributed by atoms with Gasteiger partial charge in [-0.2, -0.15) is 0 Å². The fourth-order valence-corrected chi connectivity index (χ4v) is 1.60. The molecule has 0 fully saturated rings. The van der Waals surface area contributed by atoms with Crippen molar-refractivity contribution in [2.24, 2.45) is 0 Å². The van der Waals surface area contributed by atoms with Crippen molar-refractivity contribution in [2.45, 2.75) is 45.9 Å². The third-order valence-corrected chi connectivity index (χ3v) is 2.62. The number of rotatable bonds is 4. The van der Waals surface area contributed by atoms with Crippen LogP contribution in [0.4, 0.5) is 4.79 Å². The molecular weight excluding hydrogens is 242 g/mol. The summed E-state index contributed by atoms with van der Waals surface area (Å²) < 4.78 is 5.37. The Hall–Kier alpha value is -1.55. The van der Waals surface area contributed by atoms with Crippen molar-refractivity contribution in [1.29, 1.82) is 0 Å². The number of carbonyl (C=O) groups excluding carboxylic acids is 1. The lowest BCUT2D eigenvalue weighted by Crippen LogP contribution is -2.43. The minimum Gasteiger partial charge on any atom is -0.444 e. The van der Waals surface area contributed by atoms with Crippen molar-refractivity contribution in [1.82, 2.24) is 4.90 Å². The van der Waals surface area contributed by atoms with E-state index in [9.17, 15) is 9.90 Å². The SMILES string of the molecule is C[C@H](CO)N(Cc1ccccc1)C(=O)OC(C)(C)C. The van der Waals surface area contributed by atoms with Crippen molar-refractivity contribution in [3.8, 4) is 0 Å². The first-order valence-electron chi connectivity index (χ1n) is 6.48. The molecule has 0 spiro atoms. The van der Waals surface area contributed by atoms with Gasteiger partial charge >= 0.3 is 6.09 Å². The molecule has 0 aliphatic carbocycles. The van der Waals surface area contributed by atoms with E-state index in [-0.39, 0.29) is 12.6 Å². The molecule has 0 radical (unpaired) electrons. The molecule has 4 nitrogen and oxygen atoms in total. The standard InChI is InChI=1S/C15H23NO3/c1-12(11-17)16(14(18)19-15(2,3)4)10-13-8-6-5-7-9-13/h5-9,12,17H,10-11H2,1-4H3/t12-/m1/s1. The molecule has 1 aromatic carbocycles. The zero-order valence-electron chi connectivity index (χ0n) is 12.1. The van der Waals surface area contributed by atoms with Gasteiger partial charge in [0.15, 0.2) is 0 Å². The van der Waals surface area contributed by atoms with Crippen molar-refractivity contribution >= 4 is 6.09 Å². The van der Waals surface area contributed by atoms with E-state index in [4.69, 9.17) is 4.74 Å². The van der Waals surface area contributed by atoms with Gasteiger partial charge in [-0.25, -0.2) is 4.79 Å². The van der Waals surface area contributed by atoms with Crippen LogP contribution in [0.25, 0.3) is 0 Å². The minimum absolute atomic E-state index is 0.0912. The highest BCUT2D eigenvalue weighted by atomic mass is 16.6. The monoisotopic (exact) mass is 265 g/mol. The third-order valence-electron chi connectivity index (χ3n) is 2.62. The number of hydrogen-bond donors (Lipinski definition) is 1. The average Bonchev–Trinajstić information content (AvgIpc) is 2.34. The lowest BCUT2D eigenvalue weighted by molar-refractivity contribution is 0.00938. The number of hydrogen-bond acceptors (Lipinski definition) is 3. The molecule has 0 saturated carbocycles. The highest BCUT2D eigenvalue weighted by molar-refractivity contribution is 5.68. The van der Waals surface area contributed by atoms with Gasteiger partial charge < -0.3 is 9.84 Å². The molecule has 1 N–H and O–H groups in total. The van der Waals surface area contributed by atoms with Gasteiger partial charge in [0.05, 0.1) is 12.6 Å². The van der Waals surface area contributed by atoms with Crippen molar-refractivity contribution in [2.75, 3.05) is 6.61 Å². The van der Waals surface area contributed by atoms with Crippen LogP contribution in [0, 0.1) is 0 Å². The maximum atomic E-state index is 12.2. The van der Waals surface area contributed by atoms with Gasteiger partial charge in [-0.05, 0) is 33.3 Å². The van der Waals surface area contributed by atoms with Crippen molar-refractivity contribution in [3.05, 3.63) is 35.9 Å². The van der Waals surface area contributed by atoms with E-state index in [1.165, 1.54) is 0 Å². The molecule has 1 rings (SSSR count). The van der Waals surface area contributed by atoms with Crippen molar-refractivity contribution < 1.29 is 14.6 Å². The van der Waals surface area contributed by atoms with E-state index in [2.05, 4.69) is 0 Å². The fourth-order valence-electron chi connectivity index (χ4n) is 1.60. The number of ether oxygens (including phenoxy) is 1. The molecule has 1 atom stereocenters. The first-order valence-corrected chi connectivity index (χ1v) is 6.48. The van der Waals surface area contributed by atoms with Gasteiger partial charge in [0, 0.05) is 6.54 Å². The lowest BCUT2D eigenvalue weighted by atomic mass is 10.2. The first kappa shape index (κ1) is 15.5. The predicted octanol–water partition coefficient (Wildman–Crippen LogP) is 2.80. The summed E-state index contributed by atoms with van der Waals surface area (Å²) in [5.74, 6) is 0. The Morgan fingerprint density at radius 2 is 1.89 bits per heavy atom. The van der Waals surface area contributed by atoms with Crippen LogP contribution < -0.4 is 0 Å². The van der Waals surface area contributed by atoms with Crippen LogP contribution in [0.5, 0.6) is 0 Å². The van der Waals surface area contributed by atoms with Gasteiger partial charge in [0.1, 0.15) is 5.60 Å². The first-order chi connectivity index (χ1) is 8.83. The Kier molecular flexibility index (Phi) is 5.36. The summed E-state index contributed by atoms with van der Waals surface area (Å²) in [4.78, 5) is 13.7. The van der Waals surface area contributed by atoms with Crippen LogP contribution in [0.3, 0.4) is 0 Å². The Bertz CT molecular complexity index is 398. The lowest BCUT2D eigenvalue weighted by Gasteiger charge is -2.31. The second-order valence-electron chi connectivity index (χ2n) is 5.63. The van der Waals surface area contributed by atoms with E-state index in [0.29, 0.717) is 6.54 Å². The van der Waals surface area contributed by atoms with E-state index in [1.54, 1.807) is 11.8 Å². The van der Waals surface area contributed by atoms with Gasteiger partial charge in [-0.3, -0.25) is 4.90 Å². The van der Waals surface area contributed by atoms with Crippen LogP contribution in [-0.2, 0) is 11.3 Å². The summed E-state index contributed by atoms with van der Waals surface area (Å²) in [6, 6.07) is 9.38. The summed E-state index contributed by atoms with van der Waals surface area (Å²) in [6.07, 6.45) is -0.405. The average molecular weight is 265 g/mol. The highest BCUT2D eigenvalue weighted by Gasteiger charge is 2.25. The van der Waals surface area contributed by atoms with E-state index >= 15 is 0 Å². The van der Waals surface area contributed by atoms with Crippen LogP contribution in [0.15, 0.2) is 30.3 Å². The second kappa shape index (κ2) is 6.57. The quantitative estimate of drug-likeness (QED) is 0.910. The summed E-state index contributed by atoms with van der Waals surface area (Å²) in [6.45, 7) is 7.62. The maximum Gasteiger partial charge on any atom is 0.410 e. The number of benzene rings is 1. The maximum absolute atomic E-state index is 12.2. The van der Waals surface area contributed by atoms with Crippen LogP contribution >= 0.6 is 0 Å². The Morgan fingerprint density at radius 3 is 2.37 bits per heavy atom. The Labute approximate surface area is 115 Å². The third kappa shape index (κ3) is 5.30. The van der Waals surface area contributed by atoms with Gasteiger partial charge in [0.2, 0.25) is 0 Å². The van der Waals surface area contributed by atoms with Gasteiger partial charge in [0.25, 0.3) is 0 Å². The molecule has 19 heavy (non-hydrogen) atoms. The van der Waals surface area contributed by atoms with E-state index < -0.39 is 11.7 Å². The summed E-state index contributed by atoms with van der Waals surface area (Å²) >= 11 is 0.